The fraction of sp³-hybridized carbons (Fsp3) is 0.375. The molecule has 2 saturated heterocycles. The van der Waals surface area contributed by atoms with E-state index in [1.165, 1.54) is 12.1 Å². The molecule has 2 fully saturated rings. The van der Waals surface area contributed by atoms with Crippen molar-refractivity contribution in [1.82, 2.24) is 15.1 Å². The molecular weight excluding hydrogens is 397 g/mol. The maximum Gasteiger partial charge on any atom is 0.256 e. The van der Waals surface area contributed by atoms with Crippen molar-refractivity contribution in [3.63, 3.8) is 0 Å². The number of aromatic nitrogens is 2. The predicted octanol–water partition coefficient (Wildman–Crippen LogP) is 4.22. The second-order valence-corrected chi connectivity index (χ2v) is 8.50. The first-order chi connectivity index (χ1) is 15.1. The van der Waals surface area contributed by atoms with Crippen LogP contribution in [0, 0.1) is 18.2 Å². The van der Waals surface area contributed by atoms with Crippen molar-refractivity contribution in [2.45, 2.75) is 25.7 Å². The van der Waals surface area contributed by atoms with Crippen LogP contribution in [-0.2, 0) is 4.74 Å². The van der Waals surface area contributed by atoms with Gasteiger partial charge in [-0.05, 0) is 44.0 Å². The molecule has 0 bridgehead atoms. The van der Waals surface area contributed by atoms with Crippen LogP contribution in [0.2, 0.25) is 0 Å². The summed E-state index contributed by atoms with van der Waals surface area (Å²) >= 11 is 0. The van der Waals surface area contributed by atoms with Gasteiger partial charge in [0.25, 0.3) is 5.91 Å². The Labute approximate surface area is 180 Å². The zero-order valence-electron chi connectivity index (χ0n) is 17.4. The highest BCUT2D eigenvalue weighted by Crippen LogP contribution is 2.49. The molecule has 160 valence electrons. The van der Waals surface area contributed by atoms with Crippen molar-refractivity contribution in [2.75, 3.05) is 26.3 Å². The Bertz CT molecular complexity index is 1090. The minimum Gasteiger partial charge on any atom is -0.420 e. The minimum absolute atomic E-state index is 0.0937. The Hall–Kier alpha value is -3.06. The van der Waals surface area contributed by atoms with Gasteiger partial charge in [0, 0.05) is 37.3 Å². The van der Waals surface area contributed by atoms with Crippen LogP contribution in [0.1, 0.15) is 40.6 Å². The van der Waals surface area contributed by atoms with Crippen LogP contribution in [0.15, 0.2) is 52.9 Å². The third-order valence-electron chi connectivity index (χ3n) is 6.57. The standard InChI is InChI=1S/C24H24FN3O3/c1-16-6-8-17(9-7-16)21-26-27-22(31-21)19-14-28(15-24(19)10-12-30-13-11-24)23(29)18-4-2-3-5-20(18)25/h2-9,19H,10-15H2,1H3. The average molecular weight is 421 g/mol. The van der Waals surface area contributed by atoms with Gasteiger partial charge in [-0.25, -0.2) is 4.39 Å². The SMILES string of the molecule is Cc1ccc(-c2nnc(C3CN(C(=O)c4ccccc4F)CC34CCOCC4)o2)cc1. The number of carbonyl (C=O) groups is 1. The van der Waals surface area contributed by atoms with Crippen LogP contribution in [-0.4, -0.2) is 47.3 Å². The first-order valence-corrected chi connectivity index (χ1v) is 10.6. The van der Waals surface area contributed by atoms with E-state index < -0.39 is 5.82 Å². The van der Waals surface area contributed by atoms with Crippen LogP contribution >= 0.6 is 0 Å². The van der Waals surface area contributed by atoms with E-state index >= 15 is 0 Å². The zero-order valence-corrected chi connectivity index (χ0v) is 17.4. The third-order valence-corrected chi connectivity index (χ3v) is 6.57. The second-order valence-electron chi connectivity index (χ2n) is 8.50. The molecule has 0 aliphatic carbocycles. The maximum atomic E-state index is 14.3. The fourth-order valence-corrected chi connectivity index (χ4v) is 4.74. The topological polar surface area (TPSA) is 68.5 Å². The van der Waals surface area contributed by atoms with Crippen LogP contribution in [0.25, 0.3) is 11.5 Å². The van der Waals surface area contributed by atoms with Crippen LogP contribution in [0.3, 0.4) is 0 Å². The highest BCUT2D eigenvalue weighted by molar-refractivity contribution is 5.94. The lowest BCUT2D eigenvalue weighted by molar-refractivity contribution is 0.00905. The van der Waals surface area contributed by atoms with Crippen molar-refractivity contribution in [3.05, 3.63) is 71.4 Å². The van der Waals surface area contributed by atoms with E-state index in [1.807, 2.05) is 31.2 Å². The van der Waals surface area contributed by atoms with Gasteiger partial charge in [-0.15, -0.1) is 10.2 Å². The van der Waals surface area contributed by atoms with E-state index in [0.29, 0.717) is 38.1 Å². The van der Waals surface area contributed by atoms with Crippen LogP contribution in [0.4, 0.5) is 4.39 Å². The number of amides is 1. The number of aryl methyl sites for hydroxylation is 1. The predicted molar refractivity (Wildman–Crippen MR) is 112 cm³/mol. The Balaban J connectivity index is 1.46. The molecule has 6 nitrogen and oxygen atoms in total. The van der Waals surface area contributed by atoms with Crippen molar-refractivity contribution >= 4 is 5.91 Å². The Morgan fingerprint density at radius 2 is 1.84 bits per heavy atom. The summed E-state index contributed by atoms with van der Waals surface area (Å²) in [5, 5.41) is 8.63. The van der Waals surface area contributed by atoms with Crippen molar-refractivity contribution < 1.29 is 18.3 Å². The van der Waals surface area contributed by atoms with Gasteiger partial charge in [0.2, 0.25) is 11.8 Å². The number of carbonyl (C=O) groups excluding carboxylic acids is 1. The number of benzene rings is 2. The first kappa shape index (κ1) is 19.9. The molecule has 2 aliphatic rings. The Kier molecular flexibility index (Phi) is 5.06. The molecule has 0 radical (unpaired) electrons. The zero-order chi connectivity index (χ0) is 21.4. The quantitative estimate of drug-likeness (QED) is 0.633. The number of nitrogens with zero attached hydrogens (tertiary/aromatic N) is 3. The maximum absolute atomic E-state index is 14.3. The Morgan fingerprint density at radius 3 is 2.58 bits per heavy atom. The fourth-order valence-electron chi connectivity index (χ4n) is 4.74. The van der Waals surface area contributed by atoms with Gasteiger partial charge in [0.05, 0.1) is 11.5 Å². The number of rotatable bonds is 3. The van der Waals surface area contributed by atoms with E-state index in [2.05, 4.69) is 10.2 Å². The molecule has 3 heterocycles. The molecule has 5 rings (SSSR count). The number of ether oxygens (including phenoxy) is 1. The highest BCUT2D eigenvalue weighted by Gasteiger charge is 2.51. The van der Waals surface area contributed by atoms with Crippen LogP contribution in [0.5, 0.6) is 0 Å². The summed E-state index contributed by atoms with van der Waals surface area (Å²) in [6.07, 6.45) is 1.59. The number of likely N-dealkylation sites (tertiary alicyclic amines) is 1. The minimum atomic E-state index is -0.503. The van der Waals surface area contributed by atoms with Gasteiger partial charge < -0.3 is 14.1 Å². The molecule has 31 heavy (non-hydrogen) atoms. The molecule has 1 unspecified atom stereocenters. The number of hydrogen-bond donors (Lipinski definition) is 0. The lowest BCUT2D eigenvalue weighted by atomic mass is 9.72. The summed E-state index contributed by atoms with van der Waals surface area (Å²) in [7, 11) is 0. The van der Waals surface area contributed by atoms with Crippen molar-refractivity contribution in [3.8, 4) is 11.5 Å². The van der Waals surface area contributed by atoms with E-state index in [1.54, 1.807) is 17.0 Å². The monoisotopic (exact) mass is 421 g/mol. The summed E-state index contributed by atoms with van der Waals surface area (Å²) in [5.41, 5.74) is 1.90. The van der Waals surface area contributed by atoms with E-state index in [0.717, 1.165) is 24.0 Å². The number of hydrogen-bond acceptors (Lipinski definition) is 5. The molecule has 0 N–H and O–H groups in total. The number of halogens is 1. The van der Waals surface area contributed by atoms with Gasteiger partial charge in [0.1, 0.15) is 5.82 Å². The lowest BCUT2D eigenvalue weighted by Gasteiger charge is -2.36. The Morgan fingerprint density at radius 1 is 1.10 bits per heavy atom. The molecular formula is C24H24FN3O3. The molecule has 3 aromatic rings. The molecule has 1 spiro atoms. The third kappa shape index (κ3) is 3.63. The molecule has 2 aliphatic heterocycles. The van der Waals surface area contributed by atoms with Crippen LogP contribution < -0.4 is 0 Å². The van der Waals surface area contributed by atoms with Crippen molar-refractivity contribution in [2.24, 2.45) is 5.41 Å². The summed E-state index contributed by atoms with van der Waals surface area (Å²) in [5.74, 6) is 0.0809. The molecule has 7 heteroatoms. The summed E-state index contributed by atoms with van der Waals surface area (Å²) in [4.78, 5) is 14.8. The molecule has 1 amide bonds. The van der Waals surface area contributed by atoms with E-state index in [9.17, 15) is 9.18 Å². The van der Waals surface area contributed by atoms with Gasteiger partial charge in [-0.2, -0.15) is 0 Å². The summed E-state index contributed by atoms with van der Waals surface area (Å²) in [6.45, 7) is 4.21. The van der Waals surface area contributed by atoms with Gasteiger partial charge >= 0.3 is 0 Å². The normalized spacial score (nSPS) is 20.3. The molecule has 0 saturated carbocycles. The largest absolute Gasteiger partial charge is 0.420 e. The van der Waals surface area contributed by atoms with Gasteiger partial charge in [-0.1, -0.05) is 29.8 Å². The smallest absolute Gasteiger partial charge is 0.256 e. The van der Waals surface area contributed by atoms with Crippen molar-refractivity contribution in [1.29, 1.82) is 0 Å². The second kappa shape index (κ2) is 7.89. The molecule has 2 aromatic carbocycles. The van der Waals surface area contributed by atoms with Gasteiger partial charge in [-0.3, -0.25) is 4.79 Å². The van der Waals surface area contributed by atoms with Gasteiger partial charge in [0.15, 0.2) is 0 Å². The van der Waals surface area contributed by atoms with E-state index in [-0.39, 0.29) is 22.8 Å². The lowest BCUT2D eigenvalue weighted by Crippen LogP contribution is -2.37. The summed E-state index contributed by atoms with van der Waals surface area (Å²) in [6, 6.07) is 14.0. The summed E-state index contributed by atoms with van der Waals surface area (Å²) < 4.78 is 26.0. The molecule has 1 aromatic heterocycles. The molecule has 1 atom stereocenters. The van der Waals surface area contributed by atoms with E-state index in [4.69, 9.17) is 9.15 Å². The average Bonchev–Trinajstić information content (AvgIpc) is 3.40. The highest BCUT2D eigenvalue weighted by atomic mass is 19.1. The first-order valence-electron chi connectivity index (χ1n) is 10.6.